The van der Waals surface area contributed by atoms with Crippen LogP contribution in [-0.2, 0) is 11.3 Å². The minimum Gasteiger partial charge on any atom is -0.352 e. The first-order chi connectivity index (χ1) is 15.3. The second-order valence-electron chi connectivity index (χ2n) is 7.29. The molecule has 0 unspecified atom stereocenters. The molecule has 8 heteroatoms. The van der Waals surface area contributed by atoms with Crippen molar-refractivity contribution in [2.75, 3.05) is 0 Å². The third-order valence-corrected chi connectivity index (χ3v) is 6.08. The van der Waals surface area contributed by atoms with E-state index in [1.54, 1.807) is 36.4 Å². The lowest BCUT2D eigenvalue weighted by Gasteiger charge is -2.11. The van der Waals surface area contributed by atoms with E-state index < -0.39 is 5.56 Å². The van der Waals surface area contributed by atoms with Gasteiger partial charge in [0.05, 0.1) is 4.53 Å². The van der Waals surface area contributed by atoms with Gasteiger partial charge in [-0.3, -0.25) is 19.0 Å². The molecule has 2 aromatic carbocycles. The summed E-state index contributed by atoms with van der Waals surface area (Å²) in [5.74, 6) is -1.04. The summed E-state index contributed by atoms with van der Waals surface area (Å²) in [4.78, 5) is 38.3. The third kappa shape index (κ3) is 6.02. The monoisotopic (exact) mass is 472 g/mol. The van der Waals surface area contributed by atoms with Crippen LogP contribution in [0, 0.1) is 5.82 Å². The van der Waals surface area contributed by atoms with Gasteiger partial charge in [0.15, 0.2) is 5.78 Å². The number of nitrogens with zero attached hydrogens (tertiary/aromatic N) is 1. The Morgan fingerprint density at radius 3 is 2.59 bits per heavy atom. The van der Waals surface area contributed by atoms with Gasteiger partial charge in [-0.05, 0) is 49.2 Å². The van der Waals surface area contributed by atoms with E-state index >= 15 is 0 Å². The first-order valence-electron chi connectivity index (χ1n) is 10.0. The van der Waals surface area contributed by atoms with Crippen molar-refractivity contribution in [2.24, 2.45) is 0 Å². The number of carbonyl (C=O) groups excluding carboxylic acids is 2. The van der Waals surface area contributed by atoms with Gasteiger partial charge in [0, 0.05) is 22.7 Å². The van der Waals surface area contributed by atoms with Crippen molar-refractivity contribution in [3.63, 3.8) is 0 Å². The number of ketones is 1. The molecule has 0 radical (unpaired) electrons. The Morgan fingerprint density at radius 1 is 1.22 bits per heavy atom. The molecule has 32 heavy (non-hydrogen) atoms. The number of Topliss-reactive ketones (excluding diaryl/α,β-unsaturated/α-hetero) is 1. The molecule has 0 saturated heterocycles. The number of amides is 1. The first-order valence-corrected chi connectivity index (χ1v) is 11.2. The molecule has 3 rings (SSSR count). The highest BCUT2D eigenvalue weighted by molar-refractivity contribution is 7.07. The van der Waals surface area contributed by atoms with Crippen molar-refractivity contribution < 1.29 is 14.0 Å². The summed E-state index contributed by atoms with van der Waals surface area (Å²) in [6, 6.07) is 12.2. The molecule has 1 atom stereocenters. The minimum atomic E-state index is -0.399. The Kier molecular flexibility index (Phi) is 7.77. The number of rotatable bonds is 7. The number of halogens is 2. The Hall–Kier alpha value is -3.03. The van der Waals surface area contributed by atoms with Gasteiger partial charge in [0.25, 0.3) is 5.56 Å². The van der Waals surface area contributed by atoms with Crippen molar-refractivity contribution in [1.29, 1.82) is 0 Å². The summed E-state index contributed by atoms with van der Waals surface area (Å²) >= 11 is 7.07. The number of carbonyl (C=O) groups is 2. The molecule has 166 valence electrons. The maximum Gasteiger partial charge on any atom is 0.269 e. The molecule has 0 saturated carbocycles. The normalized spacial score (nSPS) is 13.2. The van der Waals surface area contributed by atoms with Crippen LogP contribution < -0.4 is 20.1 Å². The Morgan fingerprint density at radius 2 is 1.94 bits per heavy atom. The fourth-order valence-corrected chi connectivity index (χ4v) is 4.14. The van der Waals surface area contributed by atoms with E-state index in [1.807, 2.05) is 13.8 Å². The van der Waals surface area contributed by atoms with E-state index in [2.05, 4.69) is 5.32 Å². The van der Waals surface area contributed by atoms with E-state index in [0.717, 1.165) is 17.8 Å². The van der Waals surface area contributed by atoms with Gasteiger partial charge in [-0.1, -0.05) is 42.8 Å². The molecular weight excluding hydrogens is 451 g/mol. The highest BCUT2D eigenvalue weighted by atomic mass is 35.5. The summed E-state index contributed by atoms with van der Waals surface area (Å²) < 4.78 is 15.2. The van der Waals surface area contributed by atoms with E-state index in [1.165, 1.54) is 28.8 Å². The molecule has 0 bridgehead atoms. The highest BCUT2D eigenvalue weighted by Crippen LogP contribution is 2.11. The molecule has 3 aromatic rings. The predicted molar refractivity (Wildman–Crippen MR) is 126 cm³/mol. The number of benzene rings is 2. The van der Waals surface area contributed by atoms with Crippen LogP contribution >= 0.6 is 22.9 Å². The van der Waals surface area contributed by atoms with Crippen LogP contribution in [0.5, 0.6) is 0 Å². The third-order valence-electron chi connectivity index (χ3n) is 4.79. The molecule has 1 heterocycles. The zero-order valence-corrected chi connectivity index (χ0v) is 19.2. The molecule has 0 fully saturated rings. The molecule has 1 amide bonds. The maximum atomic E-state index is 13.2. The largest absolute Gasteiger partial charge is 0.352 e. The molecule has 0 aliphatic heterocycles. The highest BCUT2D eigenvalue weighted by Gasteiger charge is 2.13. The molecule has 1 aromatic heterocycles. The van der Waals surface area contributed by atoms with Crippen LogP contribution in [0.1, 0.15) is 36.2 Å². The minimum absolute atomic E-state index is 0.0393. The van der Waals surface area contributed by atoms with Gasteiger partial charge in [0.1, 0.15) is 17.0 Å². The summed E-state index contributed by atoms with van der Waals surface area (Å²) in [5, 5.41) is 3.25. The topological polar surface area (TPSA) is 68.2 Å². The first kappa shape index (κ1) is 23.6. The van der Waals surface area contributed by atoms with Crippen LogP contribution in [0.15, 0.2) is 53.3 Å². The van der Waals surface area contributed by atoms with E-state index in [4.69, 9.17) is 11.6 Å². The van der Waals surface area contributed by atoms with Gasteiger partial charge in [-0.2, -0.15) is 0 Å². The number of hydrogen-bond acceptors (Lipinski definition) is 4. The van der Waals surface area contributed by atoms with Gasteiger partial charge >= 0.3 is 0 Å². The number of aromatic nitrogens is 1. The van der Waals surface area contributed by atoms with Crippen LogP contribution in [0.2, 0.25) is 5.02 Å². The SMILES string of the molecule is CC[C@H](C)NC(=O)Cn1c(=O)/c(=C\c2ccc(F)cc2)s/c1=C\C(=O)c1cccc(Cl)c1. The molecule has 1 N–H and O–H groups in total. The van der Waals surface area contributed by atoms with Crippen molar-refractivity contribution in [1.82, 2.24) is 9.88 Å². The lowest BCUT2D eigenvalue weighted by atomic mass is 10.1. The number of hydrogen-bond donors (Lipinski definition) is 1. The molecule has 5 nitrogen and oxygen atoms in total. The zero-order valence-electron chi connectivity index (χ0n) is 17.6. The molecular formula is C24H22ClFN2O3S. The number of nitrogens with one attached hydrogen (secondary N) is 1. The Bertz CT molecular complexity index is 1310. The Balaban J connectivity index is 2.09. The van der Waals surface area contributed by atoms with Crippen molar-refractivity contribution in [3.8, 4) is 0 Å². The van der Waals surface area contributed by atoms with E-state index in [-0.39, 0.29) is 30.1 Å². The van der Waals surface area contributed by atoms with Crippen molar-refractivity contribution in [3.05, 3.63) is 90.0 Å². The fraction of sp³-hybridized carbons (Fsp3) is 0.208. The average molecular weight is 473 g/mol. The standard InChI is InChI=1S/C24H22ClFN2O3S/c1-3-15(2)27-22(30)14-28-23(13-20(29)17-5-4-6-18(25)12-17)32-21(24(28)31)11-16-7-9-19(26)10-8-16/h4-13,15H,3,14H2,1-2H3,(H,27,30)/b21-11+,23-13-/t15-/m0/s1. The molecule has 0 aliphatic rings. The van der Waals surface area contributed by atoms with E-state index in [0.29, 0.717) is 25.3 Å². The lowest BCUT2D eigenvalue weighted by molar-refractivity contribution is -0.122. The summed E-state index contributed by atoms with van der Waals surface area (Å²) in [6.07, 6.45) is 3.69. The van der Waals surface area contributed by atoms with Gasteiger partial charge in [0.2, 0.25) is 5.91 Å². The van der Waals surface area contributed by atoms with Crippen molar-refractivity contribution >= 4 is 46.8 Å². The summed E-state index contributed by atoms with van der Waals surface area (Å²) in [6.45, 7) is 3.60. The average Bonchev–Trinajstić information content (AvgIpc) is 3.03. The van der Waals surface area contributed by atoms with Gasteiger partial charge < -0.3 is 5.32 Å². The van der Waals surface area contributed by atoms with Gasteiger partial charge in [-0.25, -0.2) is 4.39 Å². The quantitative estimate of drug-likeness (QED) is 0.537. The van der Waals surface area contributed by atoms with Crippen LogP contribution in [-0.4, -0.2) is 22.3 Å². The second-order valence-corrected chi connectivity index (χ2v) is 8.79. The van der Waals surface area contributed by atoms with Crippen LogP contribution in [0.4, 0.5) is 4.39 Å². The number of thiazole rings is 1. The fourth-order valence-electron chi connectivity index (χ4n) is 2.91. The van der Waals surface area contributed by atoms with E-state index in [9.17, 15) is 18.8 Å². The molecule has 0 spiro atoms. The molecule has 0 aliphatic carbocycles. The smallest absolute Gasteiger partial charge is 0.269 e. The second kappa shape index (κ2) is 10.5. The predicted octanol–water partition coefficient (Wildman–Crippen LogP) is 3.11. The van der Waals surface area contributed by atoms with Crippen molar-refractivity contribution in [2.45, 2.75) is 32.9 Å². The zero-order chi connectivity index (χ0) is 23.3. The van der Waals surface area contributed by atoms with Crippen LogP contribution in [0.3, 0.4) is 0 Å². The summed E-state index contributed by atoms with van der Waals surface area (Å²) in [5.41, 5.74) is 0.607. The van der Waals surface area contributed by atoms with Crippen LogP contribution in [0.25, 0.3) is 12.2 Å². The Labute approximate surface area is 193 Å². The summed E-state index contributed by atoms with van der Waals surface area (Å²) in [7, 11) is 0. The maximum absolute atomic E-state index is 13.2. The van der Waals surface area contributed by atoms with Gasteiger partial charge in [-0.15, -0.1) is 11.3 Å². The lowest BCUT2D eigenvalue weighted by Crippen LogP contribution is -2.40.